The zero-order valence-electron chi connectivity index (χ0n) is 12.0. The molecular formula is C19H12N2Se. The van der Waals surface area contributed by atoms with E-state index in [4.69, 9.17) is 6.57 Å². The molecule has 0 spiro atoms. The number of nitrogens with zero attached hydrogens (tertiary/aromatic N) is 2. The molecule has 2 nitrogen and oxygen atoms in total. The van der Waals surface area contributed by atoms with Crippen molar-refractivity contribution in [2.75, 3.05) is 0 Å². The average molecular weight is 347 g/mol. The summed E-state index contributed by atoms with van der Waals surface area (Å²) in [4.78, 5) is 8.15. The molecule has 3 heteroatoms. The Labute approximate surface area is 134 Å². The molecule has 0 radical (unpaired) electrons. The van der Waals surface area contributed by atoms with E-state index in [9.17, 15) is 0 Å². The quantitative estimate of drug-likeness (QED) is 0.351. The fourth-order valence-corrected chi connectivity index (χ4v) is 5.60. The van der Waals surface area contributed by atoms with Gasteiger partial charge in [0, 0.05) is 0 Å². The number of hydrogen-bond donors (Lipinski definition) is 0. The second kappa shape index (κ2) is 5.10. The fourth-order valence-electron chi connectivity index (χ4n) is 2.83. The van der Waals surface area contributed by atoms with E-state index in [1.54, 1.807) is 0 Å². The molecule has 0 fully saturated rings. The van der Waals surface area contributed by atoms with E-state index < -0.39 is 0 Å². The van der Waals surface area contributed by atoms with E-state index >= 15 is 0 Å². The summed E-state index contributed by atoms with van der Waals surface area (Å²) >= 11 is 0.226. The predicted molar refractivity (Wildman–Crippen MR) is 92.6 cm³/mol. The van der Waals surface area contributed by atoms with Gasteiger partial charge in [0.1, 0.15) is 0 Å². The molecule has 4 aromatic rings. The third kappa shape index (κ3) is 1.89. The summed E-state index contributed by atoms with van der Waals surface area (Å²) in [5.41, 5.74) is 4.15. The minimum atomic E-state index is 0.226. The van der Waals surface area contributed by atoms with Crippen molar-refractivity contribution in [1.82, 2.24) is 4.98 Å². The van der Waals surface area contributed by atoms with E-state index in [-0.39, 0.29) is 14.5 Å². The number of pyridine rings is 1. The Bertz CT molecular complexity index is 1040. The van der Waals surface area contributed by atoms with Crippen molar-refractivity contribution >= 4 is 39.5 Å². The molecule has 22 heavy (non-hydrogen) atoms. The fraction of sp³-hybridized carbons (Fsp3) is 0.0526. The summed E-state index contributed by atoms with van der Waals surface area (Å²) in [6.45, 7) is 9.38. The van der Waals surface area contributed by atoms with Crippen LogP contribution in [0.4, 0.5) is 5.69 Å². The second-order valence-corrected chi connectivity index (χ2v) is 7.34. The Kier molecular flexibility index (Phi) is 3.08. The van der Waals surface area contributed by atoms with Gasteiger partial charge in [-0.05, 0) is 0 Å². The van der Waals surface area contributed by atoms with Gasteiger partial charge in [-0.25, -0.2) is 0 Å². The molecule has 0 aliphatic carbocycles. The molecule has 2 aromatic carbocycles. The van der Waals surface area contributed by atoms with E-state index in [1.807, 2.05) is 24.4 Å². The Balaban J connectivity index is 2.12. The van der Waals surface area contributed by atoms with Crippen molar-refractivity contribution in [2.24, 2.45) is 0 Å². The van der Waals surface area contributed by atoms with Gasteiger partial charge in [-0.2, -0.15) is 0 Å². The van der Waals surface area contributed by atoms with E-state index in [2.05, 4.69) is 47.1 Å². The van der Waals surface area contributed by atoms with E-state index in [0.717, 1.165) is 16.9 Å². The number of hydrogen-bond acceptors (Lipinski definition) is 1. The summed E-state index contributed by atoms with van der Waals surface area (Å²) in [7, 11) is 0. The number of benzene rings is 2. The van der Waals surface area contributed by atoms with Crippen LogP contribution in [0, 0.1) is 13.5 Å². The van der Waals surface area contributed by atoms with Gasteiger partial charge in [0.15, 0.2) is 0 Å². The molecular weight excluding hydrogens is 335 g/mol. The maximum atomic E-state index is 7.31. The zero-order chi connectivity index (χ0) is 15.1. The molecule has 104 valence electrons. The van der Waals surface area contributed by atoms with Crippen LogP contribution < -0.4 is 0 Å². The molecule has 0 aliphatic heterocycles. The third-order valence-corrected chi connectivity index (χ3v) is 6.83. The molecule has 0 aliphatic rings. The van der Waals surface area contributed by atoms with Crippen LogP contribution in [0.2, 0.25) is 0 Å². The summed E-state index contributed by atoms with van der Waals surface area (Å²) < 4.78 is 2.73. The van der Waals surface area contributed by atoms with Crippen LogP contribution in [0.25, 0.3) is 35.4 Å². The van der Waals surface area contributed by atoms with Crippen LogP contribution in [0.3, 0.4) is 0 Å². The maximum absolute atomic E-state index is 7.31. The Hall–Kier alpha value is -2.40. The van der Waals surface area contributed by atoms with Gasteiger partial charge >= 0.3 is 134 Å². The molecule has 0 bridgehead atoms. The van der Waals surface area contributed by atoms with E-state index in [1.165, 1.54) is 24.9 Å². The van der Waals surface area contributed by atoms with Crippen LogP contribution in [0.5, 0.6) is 0 Å². The topological polar surface area (TPSA) is 17.2 Å². The average Bonchev–Trinajstić information content (AvgIpc) is 2.96. The molecule has 0 atom stereocenters. The monoisotopic (exact) mass is 348 g/mol. The van der Waals surface area contributed by atoms with Crippen molar-refractivity contribution in [1.29, 1.82) is 0 Å². The van der Waals surface area contributed by atoms with Gasteiger partial charge in [0.05, 0.1) is 0 Å². The van der Waals surface area contributed by atoms with E-state index in [0.29, 0.717) is 0 Å². The summed E-state index contributed by atoms with van der Waals surface area (Å²) in [6.07, 6.45) is 1.84. The molecule has 0 unspecified atom stereocenters. The van der Waals surface area contributed by atoms with Crippen molar-refractivity contribution in [3.63, 3.8) is 0 Å². The molecule has 0 N–H and O–H groups in total. The standard InChI is InChI=1S/C19H12N2Se/c1-12-16(20-2)10-9-14-13-6-5-7-15(19(13)22-18(12)14)17-8-3-4-11-21-17/h3-11H,1H3. The zero-order valence-corrected chi connectivity index (χ0v) is 13.7. The van der Waals surface area contributed by atoms with Crippen LogP contribution in [-0.2, 0) is 0 Å². The molecule has 4 rings (SSSR count). The Morgan fingerprint density at radius 1 is 0.955 bits per heavy atom. The van der Waals surface area contributed by atoms with Crippen LogP contribution >= 0.6 is 0 Å². The van der Waals surface area contributed by atoms with Gasteiger partial charge < -0.3 is 0 Å². The van der Waals surface area contributed by atoms with Crippen molar-refractivity contribution in [3.05, 3.63) is 71.7 Å². The second-order valence-electron chi connectivity index (χ2n) is 5.20. The van der Waals surface area contributed by atoms with Gasteiger partial charge in [-0.3, -0.25) is 0 Å². The predicted octanol–water partition coefficient (Wildman–Crippen LogP) is 4.97. The first-order valence-corrected chi connectivity index (χ1v) is 8.74. The van der Waals surface area contributed by atoms with Gasteiger partial charge in [0.25, 0.3) is 0 Å². The van der Waals surface area contributed by atoms with Crippen LogP contribution in [-0.4, -0.2) is 19.5 Å². The van der Waals surface area contributed by atoms with Crippen LogP contribution in [0.1, 0.15) is 5.56 Å². The van der Waals surface area contributed by atoms with Crippen molar-refractivity contribution in [2.45, 2.75) is 6.92 Å². The molecule has 0 saturated heterocycles. The van der Waals surface area contributed by atoms with Crippen molar-refractivity contribution in [3.8, 4) is 11.3 Å². The number of aromatic nitrogens is 1. The Morgan fingerprint density at radius 2 is 1.82 bits per heavy atom. The first kappa shape index (κ1) is 13.3. The summed E-state index contributed by atoms with van der Waals surface area (Å²) in [5, 5.41) is 2.59. The van der Waals surface area contributed by atoms with Gasteiger partial charge in [-0.1, -0.05) is 0 Å². The van der Waals surface area contributed by atoms with Crippen LogP contribution in [0.15, 0.2) is 54.7 Å². The summed E-state index contributed by atoms with van der Waals surface area (Å²) in [5.74, 6) is 0. The minimum absolute atomic E-state index is 0.226. The number of fused-ring (bicyclic) bond motifs is 3. The first-order valence-electron chi connectivity index (χ1n) is 7.03. The molecule has 2 heterocycles. The van der Waals surface area contributed by atoms with Crippen molar-refractivity contribution < 1.29 is 0 Å². The van der Waals surface area contributed by atoms with Gasteiger partial charge in [0.2, 0.25) is 0 Å². The Morgan fingerprint density at radius 3 is 2.59 bits per heavy atom. The normalized spacial score (nSPS) is 10.9. The summed E-state index contributed by atoms with van der Waals surface area (Å²) in [6, 6.07) is 16.5. The number of aryl methyl sites for hydroxylation is 1. The molecule has 2 aromatic heterocycles. The SMILES string of the molecule is [C-]#[N+]c1ccc2c([se]c3c(-c4ccccn4)cccc32)c1C. The number of rotatable bonds is 1. The first-order chi connectivity index (χ1) is 10.8. The third-order valence-electron chi connectivity index (χ3n) is 3.95. The molecule has 0 amide bonds. The molecule has 0 saturated carbocycles. The van der Waals surface area contributed by atoms with Gasteiger partial charge in [-0.15, -0.1) is 0 Å².